The molecule has 0 aliphatic carbocycles. The van der Waals surface area contributed by atoms with Gasteiger partial charge in [-0.05, 0) is 25.0 Å². The molecule has 0 fully saturated rings. The first-order valence-corrected chi connectivity index (χ1v) is 6.67. The van der Waals surface area contributed by atoms with Gasteiger partial charge in [0.1, 0.15) is 11.5 Å². The van der Waals surface area contributed by atoms with E-state index in [4.69, 9.17) is 9.26 Å². The molecule has 3 rings (SSSR count). The summed E-state index contributed by atoms with van der Waals surface area (Å²) in [5.41, 5.74) is 2.26. The SMILES string of the molecule is Cc1cc(CNCC2CCOc3ccccc32)no1. The van der Waals surface area contributed by atoms with E-state index in [2.05, 4.69) is 22.6 Å². The molecule has 0 radical (unpaired) electrons. The first kappa shape index (κ1) is 12.2. The van der Waals surface area contributed by atoms with E-state index in [1.807, 2.05) is 25.1 Å². The van der Waals surface area contributed by atoms with Crippen LogP contribution in [-0.2, 0) is 6.54 Å². The molecular weight excluding hydrogens is 240 g/mol. The highest BCUT2D eigenvalue weighted by Crippen LogP contribution is 2.32. The Balaban J connectivity index is 1.59. The second kappa shape index (κ2) is 5.45. The predicted octanol–water partition coefficient (Wildman–Crippen LogP) is 2.64. The van der Waals surface area contributed by atoms with Gasteiger partial charge in [-0.3, -0.25) is 0 Å². The molecule has 19 heavy (non-hydrogen) atoms. The van der Waals surface area contributed by atoms with Gasteiger partial charge in [-0.2, -0.15) is 0 Å². The van der Waals surface area contributed by atoms with Gasteiger partial charge in [0, 0.05) is 25.1 Å². The summed E-state index contributed by atoms with van der Waals surface area (Å²) in [6.45, 7) is 4.39. The largest absolute Gasteiger partial charge is 0.493 e. The zero-order valence-corrected chi connectivity index (χ0v) is 11.1. The number of para-hydroxylation sites is 1. The van der Waals surface area contributed by atoms with Crippen LogP contribution in [0.5, 0.6) is 5.75 Å². The molecule has 1 aromatic carbocycles. The monoisotopic (exact) mass is 258 g/mol. The van der Waals surface area contributed by atoms with Crippen LogP contribution >= 0.6 is 0 Å². The lowest BCUT2D eigenvalue weighted by atomic mass is 9.93. The Morgan fingerprint density at radius 1 is 1.37 bits per heavy atom. The number of rotatable bonds is 4. The third-order valence-corrected chi connectivity index (χ3v) is 3.46. The Hall–Kier alpha value is -1.81. The van der Waals surface area contributed by atoms with Gasteiger partial charge in [-0.15, -0.1) is 0 Å². The smallest absolute Gasteiger partial charge is 0.133 e. The van der Waals surface area contributed by atoms with E-state index in [-0.39, 0.29) is 0 Å². The van der Waals surface area contributed by atoms with Crippen LogP contribution in [0.25, 0.3) is 0 Å². The molecule has 1 aliphatic heterocycles. The topological polar surface area (TPSA) is 47.3 Å². The number of nitrogens with one attached hydrogen (secondary N) is 1. The molecule has 0 saturated heterocycles. The first-order chi connectivity index (χ1) is 9.33. The standard InChI is InChI=1S/C15H18N2O2/c1-11-8-13(17-19-11)10-16-9-12-6-7-18-15-5-3-2-4-14(12)15/h2-5,8,12,16H,6-7,9-10H2,1H3. The zero-order chi connectivity index (χ0) is 13.1. The van der Waals surface area contributed by atoms with Gasteiger partial charge in [0.15, 0.2) is 0 Å². The van der Waals surface area contributed by atoms with Crippen LogP contribution in [0, 0.1) is 6.92 Å². The molecule has 1 atom stereocenters. The number of hydrogen-bond acceptors (Lipinski definition) is 4. The average molecular weight is 258 g/mol. The van der Waals surface area contributed by atoms with Crippen molar-refractivity contribution < 1.29 is 9.26 Å². The Morgan fingerprint density at radius 3 is 3.11 bits per heavy atom. The summed E-state index contributed by atoms with van der Waals surface area (Å²) in [7, 11) is 0. The second-order valence-electron chi connectivity index (χ2n) is 4.93. The van der Waals surface area contributed by atoms with E-state index in [1.165, 1.54) is 5.56 Å². The minimum absolute atomic E-state index is 0.512. The number of aryl methyl sites for hydroxylation is 1. The predicted molar refractivity (Wildman–Crippen MR) is 72.2 cm³/mol. The van der Waals surface area contributed by atoms with E-state index >= 15 is 0 Å². The molecule has 0 spiro atoms. The Morgan fingerprint density at radius 2 is 2.26 bits per heavy atom. The van der Waals surface area contributed by atoms with Gasteiger partial charge >= 0.3 is 0 Å². The molecule has 1 aromatic heterocycles. The number of nitrogens with zero attached hydrogens (tertiary/aromatic N) is 1. The van der Waals surface area contributed by atoms with E-state index in [0.29, 0.717) is 5.92 Å². The van der Waals surface area contributed by atoms with Crippen LogP contribution in [0.15, 0.2) is 34.9 Å². The molecule has 2 heterocycles. The molecule has 1 N–H and O–H groups in total. The van der Waals surface area contributed by atoms with Crippen molar-refractivity contribution in [3.63, 3.8) is 0 Å². The van der Waals surface area contributed by atoms with Crippen molar-refractivity contribution in [3.05, 3.63) is 47.3 Å². The lowest BCUT2D eigenvalue weighted by molar-refractivity contribution is 0.264. The maximum Gasteiger partial charge on any atom is 0.133 e. The molecule has 100 valence electrons. The van der Waals surface area contributed by atoms with Crippen molar-refractivity contribution in [2.45, 2.75) is 25.8 Å². The maximum absolute atomic E-state index is 5.67. The molecule has 1 unspecified atom stereocenters. The van der Waals surface area contributed by atoms with Crippen LogP contribution < -0.4 is 10.1 Å². The van der Waals surface area contributed by atoms with Gasteiger partial charge in [0.05, 0.1) is 12.3 Å². The van der Waals surface area contributed by atoms with Crippen LogP contribution in [0.4, 0.5) is 0 Å². The molecule has 2 aromatic rings. The normalized spacial score (nSPS) is 17.8. The van der Waals surface area contributed by atoms with Gasteiger partial charge < -0.3 is 14.6 Å². The summed E-state index contributed by atoms with van der Waals surface area (Å²) in [5, 5.41) is 7.43. The van der Waals surface area contributed by atoms with Crippen LogP contribution in [-0.4, -0.2) is 18.3 Å². The fraction of sp³-hybridized carbons (Fsp3) is 0.400. The summed E-state index contributed by atoms with van der Waals surface area (Å²) in [6, 6.07) is 10.3. The summed E-state index contributed by atoms with van der Waals surface area (Å²) >= 11 is 0. The minimum Gasteiger partial charge on any atom is -0.493 e. The van der Waals surface area contributed by atoms with Crippen LogP contribution in [0.3, 0.4) is 0 Å². The summed E-state index contributed by atoms with van der Waals surface area (Å²) < 4.78 is 10.7. The third kappa shape index (κ3) is 2.79. The molecule has 0 bridgehead atoms. The number of benzene rings is 1. The van der Waals surface area contributed by atoms with E-state index in [0.717, 1.165) is 43.3 Å². The Kier molecular flexibility index (Phi) is 3.51. The quantitative estimate of drug-likeness (QED) is 0.915. The van der Waals surface area contributed by atoms with Crippen molar-refractivity contribution in [1.82, 2.24) is 10.5 Å². The van der Waals surface area contributed by atoms with Gasteiger partial charge in [-0.1, -0.05) is 23.4 Å². The number of aromatic nitrogens is 1. The van der Waals surface area contributed by atoms with E-state index < -0.39 is 0 Å². The molecule has 1 aliphatic rings. The van der Waals surface area contributed by atoms with E-state index in [9.17, 15) is 0 Å². The highest BCUT2D eigenvalue weighted by molar-refractivity contribution is 5.37. The molecular formula is C15H18N2O2. The summed E-state index contributed by atoms with van der Waals surface area (Å²) in [5.74, 6) is 2.39. The van der Waals surface area contributed by atoms with Gasteiger partial charge in [-0.25, -0.2) is 0 Å². The number of hydrogen-bond donors (Lipinski definition) is 1. The minimum atomic E-state index is 0.512. The average Bonchev–Trinajstić information content (AvgIpc) is 2.85. The summed E-state index contributed by atoms with van der Waals surface area (Å²) in [6.07, 6.45) is 1.06. The van der Waals surface area contributed by atoms with Crippen molar-refractivity contribution >= 4 is 0 Å². The van der Waals surface area contributed by atoms with Crippen LogP contribution in [0.1, 0.15) is 29.4 Å². The first-order valence-electron chi connectivity index (χ1n) is 6.67. The highest BCUT2D eigenvalue weighted by atomic mass is 16.5. The van der Waals surface area contributed by atoms with Crippen molar-refractivity contribution in [1.29, 1.82) is 0 Å². The molecule has 4 heteroatoms. The van der Waals surface area contributed by atoms with Gasteiger partial charge in [0.2, 0.25) is 0 Å². The van der Waals surface area contributed by atoms with Crippen molar-refractivity contribution in [3.8, 4) is 5.75 Å². The zero-order valence-electron chi connectivity index (χ0n) is 11.1. The lowest BCUT2D eigenvalue weighted by Gasteiger charge is -2.25. The molecule has 0 amide bonds. The number of ether oxygens (including phenoxy) is 1. The van der Waals surface area contributed by atoms with Gasteiger partial charge in [0.25, 0.3) is 0 Å². The van der Waals surface area contributed by atoms with Crippen molar-refractivity contribution in [2.75, 3.05) is 13.2 Å². The second-order valence-corrected chi connectivity index (χ2v) is 4.93. The Bertz CT molecular complexity index is 551. The highest BCUT2D eigenvalue weighted by Gasteiger charge is 2.20. The number of fused-ring (bicyclic) bond motifs is 1. The lowest BCUT2D eigenvalue weighted by Crippen LogP contribution is -2.25. The van der Waals surface area contributed by atoms with Crippen molar-refractivity contribution in [2.24, 2.45) is 0 Å². The summed E-state index contributed by atoms with van der Waals surface area (Å²) in [4.78, 5) is 0. The fourth-order valence-electron chi connectivity index (χ4n) is 2.50. The molecule has 4 nitrogen and oxygen atoms in total. The maximum atomic E-state index is 5.67. The van der Waals surface area contributed by atoms with Crippen LogP contribution in [0.2, 0.25) is 0 Å². The fourth-order valence-corrected chi connectivity index (χ4v) is 2.50. The van der Waals surface area contributed by atoms with E-state index in [1.54, 1.807) is 0 Å². The molecule has 0 saturated carbocycles. The third-order valence-electron chi connectivity index (χ3n) is 3.46. The Labute approximate surface area is 112 Å².